The van der Waals surface area contributed by atoms with Crippen molar-refractivity contribution in [1.29, 1.82) is 0 Å². The molecule has 2 aromatic rings. The minimum atomic E-state index is -4.45. The third-order valence-electron chi connectivity index (χ3n) is 6.15. The van der Waals surface area contributed by atoms with Gasteiger partial charge in [0.05, 0.1) is 6.33 Å². The van der Waals surface area contributed by atoms with Crippen LogP contribution in [0.1, 0.15) is 40.5 Å². The highest BCUT2D eigenvalue weighted by molar-refractivity contribution is 7.53. The number of aromatic nitrogens is 4. The molecule has 156 valence electrons. The maximum Gasteiger partial charge on any atom is 0.346 e. The van der Waals surface area contributed by atoms with Gasteiger partial charge in [-0.15, -0.1) is 0 Å². The first-order chi connectivity index (χ1) is 12.9. The summed E-state index contributed by atoms with van der Waals surface area (Å²) in [5.41, 5.74) is 6.31. The molecule has 9 nitrogen and oxygen atoms in total. The van der Waals surface area contributed by atoms with Crippen LogP contribution in [0.2, 0.25) is 5.15 Å². The lowest BCUT2D eigenvalue weighted by atomic mass is 9.89. The zero-order chi connectivity index (χ0) is 21.1. The van der Waals surface area contributed by atoms with Gasteiger partial charge in [-0.1, -0.05) is 39.3 Å². The Morgan fingerprint density at radius 2 is 1.89 bits per heavy atom. The fourth-order valence-corrected chi connectivity index (χ4v) is 6.96. The first-order valence-corrected chi connectivity index (χ1v) is 11.3. The Labute approximate surface area is 169 Å². The molecule has 1 saturated carbocycles. The molecule has 1 aliphatic rings. The fraction of sp³-hybridized carbons (Fsp3) is 0.706. The number of imidazole rings is 1. The van der Waals surface area contributed by atoms with Gasteiger partial charge in [0.2, 0.25) is 5.95 Å². The van der Waals surface area contributed by atoms with Gasteiger partial charge in [-0.3, -0.25) is 9.46 Å². The lowest BCUT2D eigenvalue weighted by molar-refractivity contribution is 0.0201. The van der Waals surface area contributed by atoms with Gasteiger partial charge in [-0.25, -0.2) is 4.98 Å². The van der Waals surface area contributed by atoms with E-state index in [-0.39, 0.29) is 22.9 Å². The van der Waals surface area contributed by atoms with E-state index in [9.17, 15) is 14.4 Å². The summed E-state index contributed by atoms with van der Waals surface area (Å²) in [5.74, 6) is -0.433. The highest BCUT2D eigenvalue weighted by Gasteiger charge is 2.63. The van der Waals surface area contributed by atoms with Crippen LogP contribution in [0.25, 0.3) is 11.2 Å². The number of halogens is 1. The van der Waals surface area contributed by atoms with Gasteiger partial charge in [0.25, 0.3) is 0 Å². The second kappa shape index (κ2) is 6.92. The highest BCUT2D eigenvalue weighted by atomic mass is 35.5. The predicted octanol–water partition coefficient (Wildman–Crippen LogP) is 2.71. The fourth-order valence-electron chi connectivity index (χ4n) is 4.79. The SMILES string of the molecule is CC(C)C(C(C)C)(N(C)C1(Cn2cnc3c(Cl)nc(N)nc32)CC1)P(=O)(O)O. The molecule has 4 N–H and O–H groups in total. The van der Waals surface area contributed by atoms with Crippen molar-refractivity contribution in [3.05, 3.63) is 11.5 Å². The minimum absolute atomic E-state index is 0.0615. The standard InChI is InChI=1S/C17H28ClN6O3P/c1-10(2)17(11(3)4,28(25,26)27)23(5)16(6-7-16)8-24-9-20-12-13(18)21-15(19)22-14(12)24/h9-11H,6-8H2,1-5H3,(H2,19,21,22)(H2,25,26,27). The van der Waals surface area contributed by atoms with Gasteiger partial charge in [0.1, 0.15) is 10.8 Å². The molecule has 11 heteroatoms. The van der Waals surface area contributed by atoms with Gasteiger partial charge in [0.15, 0.2) is 10.8 Å². The number of nitrogen functional groups attached to an aromatic ring is 1. The number of nitrogens with two attached hydrogens (primary N) is 1. The van der Waals surface area contributed by atoms with E-state index in [1.165, 1.54) is 0 Å². The molecule has 2 aromatic heterocycles. The number of nitrogens with zero attached hydrogens (tertiary/aromatic N) is 5. The molecule has 0 atom stereocenters. The zero-order valence-electron chi connectivity index (χ0n) is 16.8. The van der Waals surface area contributed by atoms with Gasteiger partial charge >= 0.3 is 7.60 Å². The second-order valence-corrected chi connectivity index (χ2v) is 10.5. The Kier molecular flexibility index (Phi) is 5.30. The molecule has 0 radical (unpaired) electrons. The van der Waals surface area contributed by atoms with E-state index in [4.69, 9.17) is 17.3 Å². The van der Waals surface area contributed by atoms with Gasteiger partial charge in [0, 0.05) is 12.1 Å². The molecule has 0 amide bonds. The van der Waals surface area contributed by atoms with Crippen molar-refractivity contribution in [2.75, 3.05) is 12.8 Å². The minimum Gasteiger partial charge on any atom is -0.368 e. The highest BCUT2D eigenvalue weighted by Crippen LogP contribution is 2.64. The molecular weight excluding hydrogens is 403 g/mol. The Morgan fingerprint density at radius 1 is 1.32 bits per heavy atom. The van der Waals surface area contributed by atoms with Crippen LogP contribution in [0.5, 0.6) is 0 Å². The monoisotopic (exact) mass is 430 g/mol. The van der Waals surface area contributed by atoms with Gasteiger partial charge in [-0.2, -0.15) is 9.97 Å². The Hall–Kier alpha value is -1.25. The van der Waals surface area contributed by atoms with Gasteiger partial charge in [-0.05, 0) is 31.7 Å². The van der Waals surface area contributed by atoms with Crippen molar-refractivity contribution in [2.45, 2.75) is 57.9 Å². The Balaban J connectivity index is 2.05. The molecule has 1 fully saturated rings. The average molecular weight is 431 g/mol. The summed E-state index contributed by atoms with van der Waals surface area (Å²) in [4.78, 5) is 35.2. The number of rotatable bonds is 7. The predicted molar refractivity (Wildman–Crippen MR) is 109 cm³/mol. The van der Waals surface area contributed by atoms with E-state index in [1.807, 2.05) is 44.2 Å². The topological polar surface area (TPSA) is 130 Å². The van der Waals surface area contributed by atoms with Crippen molar-refractivity contribution in [1.82, 2.24) is 24.4 Å². The van der Waals surface area contributed by atoms with Gasteiger partial charge < -0.3 is 20.1 Å². The van der Waals surface area contributed by atoms with Crippen LogP contribution in [-0.2, 0) is 11.1 Å². The van der Waals surface area contributed by atoms with E-state index >= 15 is 0 Å². The summed E-state index contributed by atoms with van der Waals surface area (Å²) in [7, 11) is -2.63. The third-order valence-corrected chi connectivity index (χ3v) is 8.67. The third kappa shape index (κ3) is 3.13. The molecular formula is C17H28ClN6O3P. The van der Waals surface area contributed by atoms with Crippen LogP contribution in [0, 0.1) is 11.8 Å². The molecule has 0 spiro atoms. The Morgan fingerprint density at radius 3 is 2.36 bits per heavy atom. The van der Waals surface area contributed by atoms with Crippen molar-refractivity contribution >= 4 is 36.3 Å². The number of hydrogen-bond acceptors (Lipinski definition) is 6. The lowest BCUT2D eigenvalue weighted by Gasteiger charge is -2.51. The Bertz CT molecular complexity index is 928. The summed E-state index contributed by atoms with van der Waals surface area (Å²) in [5, 5.41) is -1.08. The quantitative estimate of drug-likeness (QED) is 0.451. The lowest BCUT2D eigenvalue weighted by Crippen LogP contribution is -2.59. The van der Waals surface area contributed by atoms with E-state index < -0.39 is 18.4 Å². The summed E-state index contributed by atoms with van der Waals surface area (Å²) in [6, 6.07) is 0. The number of hydrogen-bond donors (Lipinski definition) is 3. The van der Waals surface area contributed by atoms with Crippen LogP contribution in [-0.4, -0.2) is 52.1 Å². The molecule has 0 bridgehead atoms. The zero-order valence-corrected chi connectivity index (χ0v) is 18.4. The maximum absolute atomic E-state index is 12.7. The van der Waals surface area contributed by atoms with E-state index in [0.717, 1.165) is 12.8 Å². The van der Waals surface area contributed by atoms with Crippen molar-refractivity contribution in [2.24, 2.45) is 11.8 Å². The van der Waals surface area contributed by atoms with Crippen molar-refractivity contribution < 1.29 is 14.4 Å². The second-order valence-electron chi connectivity index (χ2n) is 8.34. The molecule has 0 aromatic carbocycles. The molecule has 0 saturated heterocycles. The average Bonchev–Trinajstić information content (AvgIpc) is 3.21. The van der Waals surface area contributed by atoms with Crippen molar-refractivity contribution in [3.8, 4) is 0 Å². The number of anilines is 1. The summed E-state index contributed by atoms with van der Waals surface area (Å²) in [6.07, 6.45) is 3.26. The van der Waals surface area contributed by atoms with E-state index in [2.05, 4.69) is 15.0 Å². The maximum atomic E-state index is 12.7. The van der Waals surface area contributed by atoms with Crippen LogP contribution >= 0.6 is 19.2 Å². The van der Waals surface area contributed by atoms with Crippen LogP contribution in [0.4, 0.5) is 5.95 Å². The molecule has 3 rings (SSSR count). The van der Waals surface area contributed by atoms with Crippen LogP contribution < -0.4 is 5.73 Å². The molecule has 0 aliphatic heterocycles. The van der Waals surface area contributed by atoms with Crippen LogP contribution in [0.15, 0.2) is 6.33 Å². The summed E-state index contributed by atoms with van der Waals surface area (Å²) in [6.45, 7) is 7.95. The summed E-state index contributed by atoms with van der Waals surface area (Å²) < 4.78 is 14.6. The molecule has 2 heterocycles. The molecule has 0 unspecified atom stereocenters. The smallest absolute Gasteiger partial charge is 0.346 e. The number of fused-ring (bicyclic) bond motifs is 1. The van der Waals surface area contributed by atoms with Crippen molar-refractivity contribution in [3.63, 3.8) is 0 Å². The van der Waals surface area contributed by atoms with Crippen LogP contribution in [0.3, 0.4) is 0 Å². The molecule has 28 heavy (non-hydrogen) atoms. The first kappa shape index (κ1) is 21.5. The van der Waals surface area contributed by atoms with E-state index in [0.29, 0.717) is 17.7 Å². The number of likely N-dealkylation sites (N-methyl/N-ethyl adjacent to an activating group) is 1. The molecule has 1 aliphatic carbocycles. The normalized spacial score (nSPS) is 17.2. The van der Waals surface area contributed by atoms with E-state index in [1.54, 1.807) is 6.33 Å². The summed E-state index contributed by atoms with van der Waals surface area (Å²) >= 11 is 6.12. The largest absolute Gasteiger partial charge is 0.368 e. The first-order valence-electron chi connectivity index (χ1n) is 9.30.